The van der Waals surface area contributed by atoms with Gasteiger partial charge in [0.2, 0.25) is 5.91 Å². The van der Waals surface area contributed by atoms with Gasteiger partial charge in [0.25, 0.3) is 0 Å². The molecule has 0 radical (unpaired) electrons. The molecule has 0 aliphatic rings. The quantitative estimate of drug-likeness (QED) is 0.519. The molecule has 15 heavy (non-hydrogen) atoms. The number of primary amides is 1. The fourth-order valence-corrected chi connectivity index (χ4v) is 1.20. The maximum atomic E-state index is 10.9. The molecule has 0 fully saturated rings. The molecule has 0 aromatic rings. The number of ether oxygens (including phenoxy) is 1. The molecule has 1 amide bonds. The number of hydrogen-bond donors (Lipinski definition) is 3. The lowest BCUT2D eigenvalue weighted by molar-refractivity contribution is -0.120. The van der Waals surface area contributed by atoms with Crippen LogP contribution in [0, 0.1) is 0 Å². The molecule has 0 heterocycles. The molecule has 0 saturated heterocycles. The SMILES string of the molecule is CCC(NCC(C)(O)CCOC)C(N)=O. The van der Waals surface area contributed by atoms with Crippen molar-refractivity contribution in [2.75, 3.05) is 20.3 Å². The summed E-state index contributed by atoms with van der Waals surface area (Å²) < 4.78 is 4.88. The first-order valence-electron chi connectivity index (χ1n) is 5.17. The van der Waals surface area contributed by atoms with Crippen molar-refractivity contribution >= 4 is 5.91 Å². The highest BCUT2D eigenvalue weighted by Gasteiger charge is 2.22. The van der Waals surface area contributed by atoms with Gasteiger partial charge in [-0.3, -0.25) is 4.79 Å². The molecule has 0 aliphatic heterocycles. The second kappa shape index (κ2) is 6.76. The van der Waals surface area contributed by atoms with E-state index in [1.807, 2.05) is 6.92 Å². The summed E-state index contributed by atoms with van der Waals surface area (Å²) in [6.07, 6.45) is 1.14. The van der Waals surface area contributed by atoms with Gasteiger partial charge >= 0.3 is 0 Å². The minimum atomic E-state index is -0.876. The molecule has 5 heteroatoms. The molecule has 2 unspecified atom stereocenters. The van der Waals surface area contributed by atoms with Gasteiger partial charge in [0.1, 0.15) is 0 Å². The molecular formula is C10H22N2O3. The van der Waals surface area contributed by atoms with Gasteiger partial charge in [-0.15, -0.1) is 0 Å². The second-order valence-corrected chi connectivity index (χ2v) is 3.98. The van der Waals surface area contributed by atoms with Crippen LogP contribution in [0.2, 0.25) is 0 Å². The lowest BCUT2D eigenvalue weighted by Crippen LogP contribution is -2.48. The van der Waals surface area contributed by atoms with Gasteiger partial charge in [0.15, 0.2) is 0 Å². The Balaban J connectivity index is 3.94. The normalized spacial score (nSPS) is 17.1. The Hall–Kier alpha value is -0.650. The number of carbonyl (C=O) groups excluding carboxylic acids is 1. The van der Waals surface area contributed by atoms with Gasteiger partial charge in [-0.2, -0.15) is 0 Å². The van der Waals surface area contributed by atoms with E-state index in [4.69, 9.17) is 10.5 Å². The van der Waals surface area contributed by atoms with Gasteiger partial charge in [-0.05, 0) is 13.3 Å². The topological polar surface area (TPSA) is 84.6 Å². The number of rotatable bonds is 8. The Kier molecular flexibility index (Phi) is 6.47. The van der Waals surface area contributed by atoms with Crippen molar-refractivity contribution in [1.82, 2.24) is 5.32 Å². The summed E-state index contributed by atoms with van der Waals surface area (Å²) in [5, 5.41) is 12.8. The Morgan fingerprint density at radius 1 is 1.67 bits per heavy atom. The number of amides is 1. The van der Waals surface area contributed by atoms with Crippen LogP contribution in [-0.2, 0) is 9.53 Å². The van der Waals surface area contributed by atoms with Crippen molar-refractivity contribution in [2.24, 2.45) is 5.73 Å². The molecule has 0 aromatic carbocycles. The van der Waals surface area contributed by atoms with Crippen LogP contribution in [0.1, 0.15) is 26.7 Å². The number of hydrogen-bond acceptors (Lipinski definition) is 4. The van der Waals surface area contributed by atoms with Gasteiger partial charge in [0.05, 0.1) is 11.6 Å². The molecular weight excluding hydrogens is 196 g/mol. The zero-order valence-corrected chi connectivity index (χ0v) is 9.75. The van der Waals surface area contributed by atoms with Gasteiger partial charge < -0.3 is 20.9 Å². The zero-order valence-electron chi connectivity index (χ0n) is 9.75. The Morgan fingerprint density at radius 3 is 2.67 bits per heavy atom. The number of nitrogens with one attached hydrogen (secondary N) is 1. The molecule has 5 nitrogen and oxygen atoms in total. The van der Waals surface area contributed by atoms with Crippen molar-refractivity contribution in [3.05, 3.63) is 0 Å². The van der Waals surface area contributed by atoms with Crippen molar-refractivity contribution in [2.45, 2.75) is 38.3 Å². The van der Waals surface area contributed by atoms with Crippen molar-refractivity contribution in [1.29, 1.82) is 0 Å². The molecule has 2 atom stereocenters. The Labute approximate surface area is 91.0 Å². The van der Waals surface area contributed by atoms with E-state index in [-0.39, 0.29) is 11.9 Å². The number of nitrogens with two attached hydrogens (primary N) is 1. The summed E-state index contributed by atoms with van der Waals surface area (Å²) in [6, 6.07) is -0.376. The van der Waals surface area contributed by atoms with Crippen molar-refractivity contribution in [3.8, 4) is 0 Å². The summed E-state index contributed by atoms with van der Waals surface area (Å²) in [6.45, 7) is 4.39. The number of carbonyl (C=O) groups is 1. The summed E-state index contributed by atoms with van der Waals surface area (Å²) in [5.41, 5.74) is 4.29. The molecule has 0 spiro atoms. The fourth-order valence-electron chi connectivity index (χ4n) is 1.20. The maximum Gasteiger partial charge on any atom is 0.234 e. The predicted molar refractivity (Wildman–Crippen MR) is 58.4 cm³/mol. The first-order valence-corrected chi connectivity index (χ1v) is 5.17. The van der Waals surface area contributed by atoms with Crippen LogP contribution in [0.5, 0.6) is 0 Å². The Bertz CT molecular complexity index is 195. The standard InChI is InChI=1S/C10H22N2O3/c1-4-8(9(11)13)12-7-10(2,14)5-6-15-3/h8,12,14H,4-7H2,1-3H3,(H2,11,13). The minimum Gasteiger partial charge on any atom is -0.389 e. The maximum absolute atomic E-state index is 10.9. The summed E-state index contributed by atoms with van der Waals surface area (Å²) >= 11 is 0. The highest BCUT2D eigenvalue weighted by molar-refractivity contribution is 5.79. The van der Waals surface area contributed by atoms with Crippen LogP contribution < -0.4 is 11.1 Å². The zero-order chi connectivity index (χ0) is 11.9. The van der Waals surface area contributed by atoms with Crippen LogP contribution in [0.25, 0.3) is 0 Å². The fraction of sp³-hybridized carbons (Fsp3) is 0.900. The van der Waals surface area contributed by atoms with E-state index in [0.717, 1.165) is 0 Å². The third-order valence-electron chi connectivity index (χ3n) is 2.33. The largest absolute Gasteiger partial charge is 0.389 e. The Morgan fingerprint density at radius 2 is 2.27 bits per heavy atom. The smallest absolute Gasteiger partial charge is 0.234 e. The van der Waals surface area contributed by atoms with E-state index < -0.39 is 5.60 Å². The summed E-state index contributed by atoms with van der Waals surface area (Å²) in [7, 11) is 1.59. The van der Waals surface area contributed by atoms with E-state index in [2.05, 4.69) is 5.32 Å². The highest BCUT2D eigenvalue weighted by Crippen LogP contribution is 2.08. The van der Waals surface area contributed by atoms with Crippen LogP contribution in [-0.4, -0.2) is 42.9 Å². The highest BCUT2D eigenvalue weighted by atomic mass is 16.5. The van der Waals surface area contributed by atoms with E-state index in [0.29, 0.717) is 26.0 Å². The molecule has 90 valence electrons. The number of aliphatic hydroxyl groups is 1. The van der Waals surface area contributed by atoms with E-state index >= 15 is 0 Å². The molecule has 0 aromatic heterocycles. The number of methoxy groups -OCH3 is 1. The van der Waals surface area contributed by atoms with Crippen LogP contribution in [0.3, 0.4) is 0 Å². The first kappa shape index (κ1) is 14.3. The molecule has 0 aliphatic carbocycles. The van der Waals surface area contributed by atoms with Gasteiger partial charge in [0, 0.05) is 26.7 Å². The van der Waals surface area contributed by atoms with E-state index in [1.165, 1.54) is 0 Å². The minimum absolute atomic E-state index is 0.331. The van der Waals surface area contributed by atoms with E-state index in [9.17, 15) is 9.90 Å². The van der Waals surface area contributed by atoms with Crippen molar-refractivity contribution < 1.29 is 14.6 Å². The lowest BCUT2D eigenvalue weighted by Gasteiger charge is -2.25. The molecule has 0 saturated carbocycles. The van der Waals surface area contributed by atoms with Crippen LogP contribution >= 0.6 is 0 Å². The summed E-state index contributed by atoms with van der Waals surface area (Å²) in [5.74, 6) is -0.389. The molecule has 0 rings (SSSR count). The molecule has 0 bridgehead atoms. The third-order valence-corrected chi connectivity index (χ3v) is 2.33. The third kappa shape index (κ3) is 6.43. The predicted octanol–water partition coefficient (Wildman–Crippen LogP) is -0.373. The van der Waals surface area contributed by atoms with E-state index in [1.54, 1.807) is 14.0 Å². The van der Waals surface area contributed by atoms with Crippen LogP contribution in [0.4, 0.5) is 0 Å². The first-order chi connectivity index (χ1) is 6.93. The van der Waals surface area contributed by atoms with Crippen molar-refractivity contribution in [3.63, 3.8) is 0 Å². The van der Waals surface area contributed by atoms with Gasteiger partial charge in [-0.25, -0.2) is 0 Å². The van der Waals surface area contributed by atoms with Gasteiger partial charge in [-0.1, -0.05) is 6.92 Å². The average Bonchev–Trinajstić information content (AvgIpc) is 2.15. The molecule has 4 N–H and O–H groups in total. The monoisotopic (exact) mass is 218 g/mol. The average molecular weight is 218 g/mol. The summed E-state index contributed by atoms with van der Waals surface area (Å²) in [4.78, 5) is 10.9. The van der Waals surface area contributed by atoms with Crippen LogP contribution in [0.15, 0.2) is 0 Å². The lowest BCUT2D eigenvalue weighted by atomic mass is 10.0. The second-order valence-electron chi connectivity index (χ2n) is 3.98.